The van der Waals surface area contributed by atoms with Gasteiger partial charge in [0.1, 0.15) is 5.75 Å². The van der Waals surface area contributed by atoms with Crippen molar-refractivity contribution >= 4 is 21.6 Å². The van der Waals surface area contributed by atoms with E-state index in [1.54, 1.807) is 35.2 Å². The Labute approximate surface area is 184 Å². The van der Waals surface area contributed by atoms with Crippen LogP contribution in [-0.4, -0.2) is 69.0 Å². The van der Waals surface area contributed by atoms with Gasteiger partial charge >= 0.3 is 6.18 Å². The van der Waals surface area contributed by atoms with Gasteiger partial charge in [0, 0.05) is 26.2 Å². The number of hydrogen-bond acceptors (Lipinski definition) is 5. The number of aryl methyl sites for hydroxylation is 1. The summed E-state index contributed by atoms with van der Waals surface area (Å²) in [6.07, 6.45) is -4.49. The molecule has 3 rings (SSSR count). The van der Waals surface area contributed by atoms with Crippen molar-refractivity contribution in [2.24, 2.45) is 0 Å². The van der Waals surface area contributed by atoms with Gasteiger partial charge in [-0.25, -0.2) is 8.42 Å². The first-order valence-electron chi connectivity index (χ1n) is 9.92. The van der Waals surface area contributed by atoms with Crippen molar-refractivity contribution in [2.45, 2.75) is 18.0 Å². The zero-order valence-corrected chi connectivity index (χ0v) is 18.2. The third-order valence-corrected chi connectivity index (χ3v) is 6.82. The lowest BCUT2D eigenvalue weighted by atomic mass is 10.2. The summed E-state index contributed by atoms with van der Waals surface area (Å²) in [6.45, 7) is 1.56. The molecule has 1 heterocycles. The number of sulfonamides is 1. The highest BCUT2D eigenvalue weighted by Gasteiger charge is 2.30. The number of carbonyl (C=O) groups excluding carboxylic acids is 1. The molecule has 1 saturated heterocycles. The van der Waals surface area contributed by atoms with Crippen LogP contribution in [0.25, 0.3) is 0 Å². The van der Waals surface area contributed by atoms with Crippen LogP contribution in [0.5, 0.6) is 5.75 Å². The molecule has 0 atom stereocenters. The number of amides is 1. The summed E-state index contributed by atoms with van der Waals surface area (Å²) in [7, 11) is -3.61. The maximum absolute atomic E-state index is 12.8. The van der Waals surface area contributed by atoms with Crippen LogP contribution in [0.1, 0.15) is 5.56 Å². The van der Waals surface area contributed by atoms with Crippen molar-refractivity contribution in [3.63, 3.8) is 0 Å². The molecule has 0 aromatic heterocycles. The van der Waals surface area contributed by atoms with Gasteiger partial charge in [0.2, 0.25) is 15.9 Å². The lowest BCUT2D eigenvalue weighted by molar-refractivity contribution is -0.153. The molecule has 0 unspecified atom stereocenters. The van der Waals surface area contributed by atoms with Crippen LogP contribution in [0, 0.1) is 6.92 Å². The Balaban J connectivity index is 1.54. The summed E-state index contributed by atoms with van der Waals surface area (Å²) in [6, 6.07) is 12.5. The van der Waals surface area contributed by atoms with E-state index in [1.807, 2.05) is 6.92 Å². The molecule has 1 N–H and O–H groups in total. The third-order valence-electron chi connectivity index (χ3n) is 4.91. The number of nitrogens with one attached hydrogen (secondary N) is 1. The number of ether oxygens (including phenoxy) is 1. The zero-order chi connectivity index (χ0) is 23.4. The van der Waals surface area contributed by atoms with Crippen LogP contribution in [0.4, 0.5) is 18.9 Å². The number of para-hydroxylation sites is 2. The van der Waals surface area contributed by atoms with E-state index in [4.69, 9.17) is 4.74 Å². The number of rotatable bonds is 7. The topological polar surface area (TPSA) is 79.0 Å². The molecule has 0 bridgehead atoms. The van der Waals surface area contributed by atoms with Crippen molar-refractivity contribution < 1.29 is 31.1 Å². The summed E-state index contributed by atoms with van der Waals surface area (Å²) in [5.74, 6) is -0.505. The quantitative estimate of drug-likeness (QED) is 0.672. The highest BCUT2D eigenvalue weighted by Crippen LogP contribution is 2.26. The van der Waals surface area contributed by atoms with Crippen molar-refractivity contribution in [1.29, 1.82) is 0 Å². The van der Waals surface area contributed by atoms with Gasteiger partial charge in [-0.05, 0) is 31.2 Å². The van der Waals surface area contributed by atoms with E-state index in [0.29, 0.717) is 13.1 Å². The fourth-order valence-corrected chi connectivity index (χ4v) is 4.66. The minimum Gasteiger partial charge on any atom is -0.482 e. The van der Waals surface area contributed by atoms with Gasteiger partial charge in [-0.1, -0.05) is 29.8 Å². The molecule has 0 radical (unpaired) electrons. The third kappa shape index (κ3) is 6.44. The van der Waals surface area contributed by atoms with Crippen molar-refractivity contribution in [3.8, 4) is 5.75 Å². The second kappa shape index (κ2) is 9.88. The maximum Gasteiger partial charge on any atom is 0.422 e. The lowest BCUT2D eigenvalue weighted by Crippen LogP contribution is -2.50. The standard InChI is InChI=1S/C21H24F3N3O4S/c1-16-6-8-17(9-7-16)32(29,30)27-12-10-26(11-13-27)14-20(28)25-18-4-2-3-5-19(18)31-15-21(22,23)24/h2-9H,10-15H2,1H3,(H,25,28). The first-order valence-corrected chi connectivity index (χ1v) is 11.4. The highest BCUT2D eigenvalue weighted by molar-refractivity contribution is 7.89. The fourth-order valence-electron chi connectivity index (χ4n) is 3.24. The van der Waals surface area contributed by atoms with Crippen LogP contribution in [0.3, 0.4) is 0 Å². The Morgan fingerprint density at radius 1 is 1.03 bits per heavy atom. The van der Waals surface area contributed by atoms with Crippen molar-refractivity contribution in [1.82, 2.24) is 9.21 Å². The average molecular weight is 472 g/mol. The van der Waals surface area contributed by atoms with E-state index >= 15 is 0 Å². The molecule has 32 heavy (non-hydrogen) atoms. The van der Waals surface area contributed by atoms with E-state index in [0.717, 1.165) is 5.56 Å². The Hall–Kier alpha value is -2.63. The fraction of sp³-hybridized carbons (Fsp3) is 0.381. The second-order valence-electron chi connectivity index (χ2n) is 7.44. The summed E-state index contributed by atoms with van der Waals surface area (Å²) < 4.78 is 69.0. The molecule has 7 nitrogen and oxygen atoms in total. The lowest BCUT2D eigenvalue weighted by Gasteiger charge is -2.33. The number of alkyl halides is 3. The number of nitrogens with zero attached hydrogens (tertiary/aromatic N) is 2. The minimum absolute atomic E-state index is 0.0218. The van der Waals surface area contributed by atoms with Gasteiger partial charge < -0.3 is 10.1 Å². The van der Waals surface area contributed by atoms with E-state index in [9.17, 15) is 26.4 Å². The molecule has 0 saturated carbocycles. The molecule has 1 aliphatic heterocycles. The zero-order valence-electron chi connectivity index (χ0n) is 17.4. The molecule has 0 spiro atoms. The van der Waals surface area contributed by atoms with Gasteiger partial charge in [0.25, 0.3) is 0 Å². The van der Waals surface area contributed by atoms with Crippen LogP contribution in [0.2, 0.25) is 0 Å². The van der Waals surface area contributed by atoms with Crippen LogP contribution in [0.15, 0.2) is 53.4 Å². The summed E-state index contributed by atoms with van der Waals surface area (Å²) in [4.78, 5) is 14.4. The van der Waals surface area contributed by atoms with E-state index in [2.05, 4.69) is 5.32 Å². The van der Waals surface area contributed by atoms with E-state index in [-0.39, 0.29) is 36.0 Å². The first kappa shape index (κ1) is 24.0. The van der Waals surface area contributed by atoms with Gasteiger partial charge in [-0.15, -0.1) is 0 Å². The molecule has 1 fully saturated rings. The monoisotopic (exact) mass is 471 g/mol. The van der Waals surface area contributed by atoms with Gasteiger partial charge in [-0.3, -0.25) is 9.69 Å². The van der Waals surface area contributed by atoms with E-state index < -0.39 is 28.7 Å². The summed E-state index contributed by atoms with van der Waals surface area (Å²) in [5, 5.41) is 2.56. The first-order chi connectivity index (χ1) is 15.0. The molecular weight excluding hydrogens is 447 g/mol. The van der Waals surface area contributed by atoms with Gasteiger partial charge in [-0.2, -0.15) is 17.5 Å². The second-order valence-corrected chi connectivity index (χ2v) is 9.38. The number of benzene rings is 2. The minimum atomic E-state index is -4.49. The Kier molecular flexibility index (Phi) is 7.42. The largest absolute Gasteiger partial charge is 0.482 e. The molecular formula is C21H24F3N3O4S. The average Bonchev–Trinajstić information content (AvgIpc) is 2.73. The van der Waals surface area contributed by atoms with Crippen LogP contribution >= 0.6 is 0 Å². The normalized spacial score (nSPS) is 16.0. The summed E-state index contributed by atoms with van der Waals surface area (Å²) >= 11 is 0. The number of anilines is 1. The Morgan fingerprint density at radius 3 is 2.28 bits per heavy atom. The molecule has 0 aliphatic carbocycles. The van der Waals surface area contributed by atoms with Crippen molar-refractivity contribution in [3.05, 3.63) is 54.1 Å². The number of piperazine rings is 1. The maximum atomic E-state index is 12.8. The highest BCUT2D eigenvalue weighted by atomic mass is 32.2. The van der Waals surface area contributed by atoms with Crippen LogP contribution in [-0.2, 0) is 14.8 Å². The number of halogens is 3. The molecule has 2 aromatic rings. The SMILES string of the molecule is Cc1ccc(S(=O)(=O)N2CCN(CC(=O)Nc3ccccc3OCC(F)(F)F)CC2)cc1. The Bertz CT molecular complexity index is 1040. The molecule has 1 amide bonds. The number of carbonyl (C=O) groups is 1. The van der Waals surface area contributed by atoms with Crippen molar-refractivity contribution in [2.75, 3.05) is 44.6 Å². The Morgan fingerprint density at radius 2 is 1.66 bits per heavy atom. The van der Waals surface area contributed by atoms with Gasteiger partial charge in [0.15, 0.2) is 6.61 Å². The van der Waals surface area contributed by atoms with Crippen LogP contribution < -0.4 is 10.1 Å². The van der Waals surface area contributed by atoms with Gasteiger partial charge in [0.05, 0.1) is 17.1 Å². The molecule has 1 aliphatic rings. The van der Waals surface area contributed by atoms with E-state index in [1.165, 1.54) is 22.5 Å². The molecule has 174 valence electrons. The predicted octanol–water partition coefficient (Wildman–Crippen LogP) is 2.88. The summed E-state index contributed by atoms with van der Waals surface area (Å²) in [5.41, 5.74) is 1.10. The molecule has 11 heteroatoms. The smallest absolute Gasteiger partial charge is 0.422 e. The number of hydrogen-bond donors (Lipinski definition) is 1. The molecule has 2 aromatic carbocycles. The predicted molar refractivity (Wildman–Crippen MR) is 113 cm³/mol.